The van der Waals surface area contributed by atoms with E-state index in [9.17, 15) is 4.79 Å². The molecule has 0 saturated carbocycles. The predicted molar refractivity (Wildman–Crippen MR) is 38.7 cm³/mol. The summed E-state index contributed by atoms with van der Waals surface area (Å²) in [6.45, 7) is 0. The van der Waals surface area contributed by atoms with Gasteiger partial charge in [0.05, 0.1) is 12.5 Å². The van der Waals surface area contributed by atoms with Gasteiger partial charge >= 0.3 is 0 Å². The molecule has 4 nitrogen and oxygen atoms in total. The average Bonchev–Trinajstić information content (AvgIpc) is 2.39. The fourth-order valence-electron chi connectivity index (χ4n) is 0.481. The van der Waals surface area contributed by atoms with Crippen LogP contribution in [0.25, 0.3) is 0 Å². The maximum atomic E-state index is 10.0. The molecular formula is C6H11N3O. The summed E-state index contributed by atoms with van der Waals surface area (Å²) < 4.78 is 1.66. The van der Waals surface area contributed by atoms with Gasteiger partial charge in [0.1, 0.15) is 5.69 Å². The van der Waals surface area contributed by atoms with Crippen LogP contribution in [-0.2, 0) is 7.05 Å². The van der Waals surface area contributed by atoms with Gasteiger partial charge in [0, 0.05) is 7.05 Å². The number of nitrogens with two attached hydrogens (primary N) is 1. The van der Waals surface area contributed by atoms with Gasteiger partial charge in [-0.05, 0) is 7.05 Å². The Hall–Kier alpha value is -1.16. The van der Waals surface area contributed by atoms with Gasteiger partial charge in [0.2, 0.25) is 0 Å². The molecule has 0 aliphatic carbocycles. The van der Waals surface area contributed by atoms with Crippen molar-refractivity contribution in [2.75, 3.05) is 7.05 Å². The minimum atomic E-state index is 0.602. The van der Waals surface area contributed by atoms with Crippen LogP contribution in [0.15, 0.2) is 12.5 Å². The van der Waals surface area contributed by atoms with Crippen molar-refractivity contribution >= 4 is 6.29 Å². The van der Waals surface area contributed by atoms with E-state index in [1.807, 2.05) is 0 Å². The third kappa shape index (κ3) is 1.99. The van der Waals surface area contributed by atoms with Crippen molar-refractivity contribution in [3.8, 4) is 0 Å². The minimum Gasteiger partial charge on any atom is -0.333 e. The summed E-state index contributed by atoms with van der Waals surface area (Å²) in [5.74, 6) is 0. The van der Waals surface area contributed by atoms with E-state index in [0.29, 0.717) is 5.69 Å². The number of rotatable bonds is 1. The van der Waals surface area contributed by atoms with Crippen molar-refractivity contribution in [1.29, 1.82) is 0 Å². The molecule has 0 bridgehead atoms. The molecule has 1 aromatic rings. The Kier molecular flexibility index (Phi) is 4.15. The summed E-state index contributed by atoms with van der Waals surface area (Å²) >= 11 is 0. The Morgan fingerprint density at radius 1 is 1.70 bits per heavy atom. The number of aromatic nitrogens is 2. The molecule has 1 heterocycles. The van der Waals surface area contributed by atoms with E-state index >= 15 is 0 Å². The highest BCUT2D eigenvalue weighted by Gasteiger charge is 1.90. The number of carbonyl (C=O) groups is 1. The van der Waals surface area contributed by atoms with Crippen molar-refractivity contribution in [2.24, 2.45) is 12.8 Å². The van der Waals surface area contributed by atoms with Crippen LogP contribution >= 0.6 is 0 Å². The smallest absolute Gasteiger partial charge is 0.168 e. The maximum absolute atomic E-state index is 10.0. The molecule has 0 atom stereocenters. The third-order valence-electron chi connectivity index (χ3n) is 0.975. The number of nitrogens with zero attached hydrogens (tertiary/aromatic N) is 2. The minimum absolute atomic E-state index is 0.602. The highest BCUT2D eigenvalue weighted by atomic mass is 16.1. The quantitative estimate of drug-likeness (QED) is 0.551. The van der Waals surface area contributed by atoms with E-state index in [1.165, 1.54) is 13.2 Å². The highest BCUT2D eigenvalue weighted by molar-refractivity contribution is 5.71. The molecular weight excluding hydrogens is 130 g/mol. The van der Waals surface area contributed by atoms with Gasteiger partial charge in [-0.2, -0.15) is 0 Å². The van der Waals surface area contributed by atoms with E-state index in [-0.39, 0.29) is 0 Å². The van der Waals surface area contributed by atoms with Gasteiger partial charge in [-0.15, -0.1) is 0 Å². The molecule has 0 aliphatic rings. The molecule has 2 N–H and O–H groups in total. The summed E-state index contributed by atoms with van der Waals surface area (Å²) in [4.78, 5) is 13.8. The lowest BCUT2D eigenvalue weighted by molar-refractivity contribution is 0.111. The largest absolute Gasteiger partial charge is 0.333 e. The zero-order valence-corrected chi connectivity index (χ0v) is 6.11. The molecule has 0 aromatic carbocycles. The molecule has 10 heavy (non-hydrogen) atoms. The number of imidazole rings is 1. The number of carbonyl (C=O) groups excluding carboxylic acids is 1. The van der Waals surface area contributed by atoms with E-state index in [1.54, 1.807) is 17.9 Å². The first kappa shape index (κ1) is 8.84. The summed E-state index contributed by atoms with van der Waals surface area (Å²) in [6.07, 6.45) is 3.88. The van der Waals surface area contributed by atoms with E-state index in [2.05, 4.69) is 10.7 Å². The number of aryl methyl sites for hydroxylation is 1. The molecule has 0 aliphatic heterocycles. The standard InChI is InChI=1S/C5H6N2O.CH5N/c1-7-4-6-2-5(7)3-8;1-2/h2-4H,1H3;2H2,1H3. The lowest BCUT2D eigenvalue weighted by Gasteiger charge is -1.86. The second-order valence-corrected chi connectivity index (χ2v) is 1.55. The summed E-state index contributed by atoms with van der Waals surface area (Å²) in [5.41, 5.74) is 5.10. The number of hydrogen-bond acceptors (Lipinski definition) is 3. The Bertz CT molecular complexity index is 195. The van der Waals surface area contributed by atoms with Gasteiger partial charge in [0.15, 0.2) is 6.29 Å². The summed E-state index contributed by atoms with van der Waals surface area (Å²) in [6, 6.07) is 0. The Morgan fingerprint density at radius 2 is 2.30 bits per heavy atom. The van der Waals surface area contributed by atoms with Crippen molar-refractivity contribution in [3.05, 3.63) is 18.2 Å². The van der Waals surface area contributed by atoms with E-state index in [4.69, 9.17) is 0 Å². The lowest BCUT2D eigenvalue weighted by Crippen LogP contribution is -1.90. The molecule has 0 amide bonds. The fraction of sp³-hybridized carbons (Fsp3) is 0.333. The first-order chi connectivity index (χ1) is 4.84. The van der Waals surface area contributed by atoms with Crippen LogP contribution in [0.3, 0.4) is 0 Å². The Morgan fingerprint density at radius 3 is 2.50 bits per heavy atom. The first-order valence-electron chi connectivity index (χ1n) is 2.84. The van der Waals surface area contributed by atoms with Gasteiger partial charge in [0.25, 0.3) is 0 Å². The first-order valence-corrected chi connectivity index (χ1v) is 2.84. The molecule has 0 unspecified atom stereocenters. The second kappa shape index (κ2) is 4.69. The third-order valence-corrected chi connectivity index (χ3v) is 0.975. The topological polar surface area (TPSA) is 60.9 Å². The zero-order valence-electron chi connectivity index (χ0n) is 6.11. The van der Waals surface area contributed by atoms with Crippen LogP contribution in [0.4, 0.5) is 0 Å². The maximum Gasteiger partial charge on any atom is 0.168 e. The molecule has 1 aromatic heterocycles. The molecule has 4 heteroatoms. The molecule has 0 spiro atoms. The lowest BCUT2D eigenvalue weighted by atomic mass is 10.5. The highest BCUT2D eigenvalue weighted by Crippen LogP contribution is 1.88. The Labute approximate surface area is 59.7 Å². The monoisotopic (exact) mass is 141 g/mol. The molecule has 1 rings (SSSR count). The van der Waals surface area contributed by atoms with Crippen molar-refractivity contribution in [2.45, 2.75) is 0 Å². The zero-order chi connectivity index (χ0) is 7.98. The van der Waals surface area contributed by atoms with Crippen molar-refractivity contribution in [1.82, 2.24) is 9.55 Å². The fourth-order valence-corrected chi connectivity index (χ4v) is 0.481. The van der Waals surface area contributed by atoms with Crippen LogP contribution in [0.5, 0.6) is 0 Å². The van der Waals surface area contributed by atoms with E-state index in [0.717, 1.165) is 6.29 Å². The van der Waals surface area contributed by atoms with Crippen molar-refractivity contribution < 1.29 is 4.79 Å². The average molecular weight is 141 g/mol. The van der Waals surface area contributed by atoms with Crippen molar-refractivity contribution in [3.63, 3.8) is 0 Å². The molecule has 0 radical (unpaired) electrons. The number of aldehydes is 1. The Balaban J connectivity index is 0.000000371. The second-order valence-electron chi connectivity index (χ2n) is 1.55. The van der Waals surface area contributed by atoms with Crippen LogP contribution in [0.2, 0.25) is 0 Å². The molecule has 0 fully saturated rings. The van der Waals surface area contributed by atoms with Crippen LogP contribution in [0.1, 0.15) is 10.5 Å². The van der Waals surface area contributed by atoms with Gasteiger partial charge < -0.3 is 10.3 Å². The van der Waals surface area contributed by atoms with Gasteiger partial charge in [-0.25, -0.2) is 4.98 Å². The van der Waals surface area contributed by atoms with Crippen LogP contribution in [0, 0.1) is 0 Å². The SMILES string of the molecule is CN.Cn1cncc1C=O. The normalized spacial score (nSPS) is 7.90. The molecule has 56 valence electrons. The summed E-state index contributed by atoms with van der Waals surface area (Å²) in [7, 11) is 3.27. The molecule has 0 saturated heterocycles. The number of hydrogen-bond donors (Lipinski definition) is 1. The summed E-state index contributed by atoms with van der Waals surface area (Å²) in [5, 5.41) is 0. The predicted octanol–water partition coefficient (Wildman–Crippen LogP) is -0.193. The van der Waals surface area contributed by atoms with Gasteiger partial charge in [-0.3, -0.25) is 4.79 Å². The van der Waals surface area contributed by atoms with Gasteiger partial charge in [-0.1, -0.05) is 0 Å². The van der Waals surface area contributed by atoms with Crippen LogP contribution in [-0.4, -0.2) is 22.9 Å². The van der Waals surface area contributed by atoms with E-state index < -0.39 is 0 Å². The van der Waals surface area contributed by atoms with Crippen LogP contribution < -0.4 is 5.73 Å².